The Bertz CT molecular complexity index is 1140. The molecule has 31 heavy (non-hydrogen) atoms. The minimum absolute atomic E-state index is 0.0283. The Kier molecular flexibility index (Phi) is 6.78. The maximum Gasteiger partial charge on any atom is 0.243 e. The first kappa shape index (κ1) is 22.1. The van der Waals surface area contributed by atoms with Gasteiger partial charge in [-0.2, -0.15) is 9.40 Å². The Balaban J connectivity index is 1.55. The molecule has 0 aliphatic carbocycles. The summed E-state index contributed by atoms with van der Waals surface area (Å²) < 4.78 is 27.9. The largest absolute Gasteiger partial charge is 0.351 e. The average Bonchev–Trinajstić information content (AvgIpc) is 3.27. The van der Waals surface area contributed by atoms with Gasteiger partial charge in [-0.25, -0.2) is 18.1 Å². The Morgan fingerprint density at radius 2 is 1.74 bits per heavy atom. The van der Waals surface area contributed by atoms with Crippen LogP contribution in [0.1, 0.15) is 12.5 Å². The number of likely N-dealkylation sites (N-methyl/N-ethyl adjacent to an activating group) is 1. The molecule has 2 aromatic carbocycles. The molecule has 0 saturated carbocycles. The number of nitrogens with zero attached hydrogens (tertiary/aromatic N) is 4. The zero-order chi connectivity index (χ0) is 22.4. The third kappa shape index (κ3) is 5.74. The second-order valence-corrected chi connectivity index (χ2v) is 8.79. The zero-order valence-corrected chi connectivity index (χ0v) is 17.8. The average molecular weight is 443 g/mol. The van der Waals surface area contributed by atoms with Crippen molar-refractivity contribution >= 4 is 27.5 Å². The van der Waals surface area contributed by atoms with Crippen LogP contribution in [-0.4, -0.2) is 52.9 Å². The lowest BCUT2D eigenvalue weighted by atomic mass is 10.2. The fourth-order valence-electron chi connectivity index (χ4n) is 2.75. The van der Waals surface area contributed by atoms with Gasteiger partial charge in [-0.3, -0.25) is 9.59 Å². The molecule has 3 rings (SSSR count). The maximum atomic E-state index is 12.7. The van der Waals surface area contributed by atoms with Crippen molar-refractivity contribution in [3.63, 3.8) is 0 Å². The number of carbonyl (C=O) groups excluding carboxylic acids is 2. The van der Waals surface area contributed by atoms with Gasteiger partial charge in [0, 0.05) is 26.2 Å². The molecule has 0 aliphatic heterocycles. The van der Waals surface area contributed by atoms with Gasteiger partial charge < -0.3 is 10.6 Å². The Hall–Kier alpha value is -3.57. The van der Waals surface area contributed by atoms with Crippen LogP contribution in [0.15, 0.2) is 66.1 Å². The smallest absolute Gasteiger partial charge is 0.243 e. The molecule has 0 atom stereocenters. The van der Waals surface area contributed by atoms with E-state index in [2.05, 4.69) is 20.7 Å². The highest BCUT2D eigenvalue weighted by Crippen LogP contribution is 2.17. The number of nitrogens with one attached hydrogen (secondary N) is 2. The summed E-state index contributed by atoms with van der Waals surface area (Å²) in [6.07, 6.45) is 3.02. The highest BCUT2D eigenvalue weighted by molar-refractivity contribution is 7.89. The summed E-state index contributed by atoms with van der Waals surface area (Å²) in [6.45, 7) is 1.30. The van der Waals surface area contributed by atoms with Crippen LogP contribution in [0, 0.1) is 0 Å². The molecule has 0 radical (unpaired) electrons. The van der Waals surface area contributed by atoms with Gasteiger partial charge in [0.1, 0.15) is 12.7 Å². The van der Waals surface area contributed by atoms with E-state index in [9.17, 15) is 18.0 Å². The van der Waals surface area contributed by atoms with Crippen molar-refractivity contribution in [2.24, 2.45) is 0 Å². The van der Waals surface area contributed by atoms with Crippen molar-refractivity contribution in [1.29, 1.82) is 0 Å². The van der Waals surface area contributed by atoms with Gasteiger partial charge in [0.2, 0.25) is 21.8 Å². The number of aromatic nitrogens is 3. The van der Waals surface area contributed by atoms with E-state index in [1.165, 1.54) is 44.6 Å². The normalized spacial score (nSPS) is 11.3. The van der Waals surface area contributed by atoms with Gasteiger partial charge in [0.05, 0.1) is 17.1 Å². The van der Waals surface area contributed by atoms with Crippen molar-refractivity contribution in [2.75, 3.05) is 18.9 Å². The number of hydrogen-bond donors (Lipinski definition) is 2. The lowest BCUT2D eigenvalue weighted by molar-refractivity contribution is -0.121. The Labute approximate surface area is 180 Å². The van der Waals surface area contributed by atoms with Crippen molar-refractivity contribution < 1.29 is 18.0 Å². The number of rotatable bonds is 8. The van der Waals surface area contributed by atoms with Gasteiger partial charge in [-0.05, 0) is 42.0 Å². The summed E-state index contributed by atoms with van der Waals surface area (Å²) in [5.41, 5.74) is 2.18. The molecule has 162 valence electrons. The molecule has 2 amide bonds. The van der Waals surface area contributed by atoms with E-state index in [4.69, 9.17) is 0 Å². The molecule has 0 spiro atoms. The molecule has 1 aromatic heterocycles. The van der Waals surface area contributed by atoms with Gasteiger partial charge in [0.25, 0.3) is 0 Å². The van der Waals surface area contributed by atoms with E-state index in [-0.39, 0.29) is 23.9 Å². The first-order valence-corrected chi connectivity index (χ1v) is 10.7. The molecule has 0 unspecified atom stereocenters. The van der Waals surface area contributed by atoms with Gasteiger partial charge in [-0.15, -0.1) is 0 Å². The molecule has 0 saturated heterocycles. The fraction of sp³-hybridized carbons (Fsp3) is 0.200. The molecule has 0 bridgehead atoms. The van der Waals surface area contributed by atoms with Crippen LogP contribution in [0.2, 0.25) is 0 Å². The summed E-state index contributed by atoms with van der Waals surface area (Å²) in [6, 6.07) is 13.1. The Morgan fingerprint density at radius 1 is 1.06 bits per heavy atom. The number of anilines is 1. The van der Waals surface area contributed by atoms with Crippen molar-refractivity contribution in [3.05, 3.63) is 66.7 Å². The number of amides is 2. The number of hydrogen-bond acceptors (Lipinski definition) is 6. The van der Waals surface area contributed by atoms with Crippen LogP contribution in [-0.2, 0) is 26.2 Å². The molecular formula is C20H22N6O4S. The molecule has 11 heteroatoms. The zero-order valence-electron chi connectivity index (χ0n) is 17.0. The van der Waals surface area contributed by atoms with E-state index >= 15 is 0 Å². The summed E-state index contributed by atoms with van der Waals surface area (Å²) in [7, 11) is -2.51. The SMILES string of the molecule is CC(=O)Nc1ccc(S(=O)(=O)N(C)CC(=O)NCc2ccc(-n3cncn3)cc2)cc1. The molecule has 1 heterocycles. The van der Waals surface area contributed by atoms with E-state index in [1.54, 1.807) is 11.0 Å². The molecule has 2 N–H and O–H groups in total. The monoisotopic (exact) mass is 442 g/mol. The highest BCUT2D eigenvalue weighted by Gasteiger charge is 2.22. The minimum Gasteiger partial charge on any atom is -0.351 e. The molecule has 0 fully saturated rings. The van der Waals surface area contributed by atoms with E-state index in [0.717, 1.165) is 15.6 Å². The first-order chi connectivity index (χ1) is 14.8. The van der Waals surface area contributed by atoms with Crippen LogP contribution in [0.25, 0.3) is 5.69 Å². The van der Waals surface area contributed by atoms with Gasteiger partial charge in [-0.1, -0.05) is 12.1 Å². The fourth-order valence-corrected chi connectivity index (χ4v) is 3.87. The van der Waals surface area contributed by atoms with Gasteiger partial charge in [0.15, 0.2) is 0 Å². The quantitative estimate of drug-likeness (QED) is 0.539. The van der Waals surface area contributed by atoms with Crippen molar-refractivity contribution in [3.8, 4) is 5.69 Å². The number of sulfonamides is 1. The topological polar surface area (TPSA) is 126 Å². The third-order valence-electron chi connectivity index (χ3n) is 4.36. The predicted molar refractivity (Wildman–Crippen MR) is 114 cm³/mol. The van der Waals surface area contributed by atoms with Crippen LogP contribution < -0.4 is 10.6 Å². The lowest BCUT2D eigenvalue weighted by Crippen LogP contribution is -2.38. The maximum absolute atomic E-state index is 12.7. The standard InChI is InChI=1S/C20H22N6O4S/c1-15(27)24-17-5-9-19(10-6-17)31(29,30)25(2)12-20(28)22-11-16-3-7-18(8-4-16)26-14-21-13-23-26/h3-10,13-14H,11-12H2,1-2H3,(H,22,28)(H,24,27). The van der Waals surface area contributed by atoms with Crippen LogP contribution in [0.5, 0.6) is 0 Å². The number of carbonyl (C=O) groups is 2. The lowest BCUT2D eigenvalue weighted by Gasteiger charge is -2.17. The summed E-state index contributed by atoms with van der Waals surface area (Å²) in [5, 5.41) is 9.32. The third-order valence-corrected chi connectivity index (χ3v) is 6.18. The van der Waals surface area contributed by atoms with Crippen LogP contribution in [0.4, 0.5) is 5.69 Å². The summed E-state index contributed by atoms with van der Waals surface area (Å²) >= 11 is 0. The summed E-state index contributed by atoms with van der Waals surface area (Å²) in [4.78, 5) is 27.2. The van der Waals surface area contributed by atoms with E-state index in [0.29, 0.717) is 5.69 Å². The minimum atomic E-state index is -3.85. The molecule has 3 aromatic rings. The predicted octanol–water partition coefficient (Wildman–Crippen LogP) is 1.16. The van der Waals surface area contributed by atoms with Crippen LogP contribution >= 0.6 is 0 Å². The Morgan fingerprint density at radius 3 is 2.32 bits per heavy atom. The first-order valence-electron chi connectivity index (χ1n) is 9.30. The highest BCUT2D eigenvalue weighted by atomic mass is 32.2. The van der Waals surface area contributed by atoms with Crippen molar-refractivity contribution in [1.82, 2.24) is 24.4 Å². The van der Waals surface area contributed by atoms with Crippen LogP contribution in [0.3, 0.4) is 0 Å². The summed E-state index contributed by atoms with van der Waals surface area (Å²) in [5.74, 6) is -0.682. The molecule has 10 nitrogen and oxygen atoms in total. The van der Waals surface area contributed by atoms with Crippen molar-refractivity contribution in [2.45, 2.75) is 18.4 Å². The number of benzene rings is 2. The second-order valence-electron chi connectivity index (χ2n) is 6.75. The second kappa shape index (κ2) is 9.49. The molecular weight excluding hydrogens is 420 g/mol. The van der Waals surface area contributed by atoms with E-state index in [1.807, 2.05) is 24.3 Å². The van der Waals surface area contributed by atoms with Gasteiger partial charge >= 0.3 is 0 Å². The van der Waals surface area contributed by atoms with E-state index < -0.39 is 15.9 Å². The molecule has 0 aliphatic rings.